The second-order valence-corrected chi connectivity index (χ2v) is 6.81. The van der Waals surface area contributed by atoms with Crippen LogP contribution in [0.25, 0.3) is 22.2 Å². The maximum absolute atomic E-state index is 13.1. The lowest BCUT2D eigenvalue weighted by atomic mass is 10.1. The van der Waals surface area contributed by atoms with Crippen LogP contribution in [0.3, 0.4) is 0 Å². The molecule has 1 N–H and O–H groups in total. The number of tetrazole rings is 1. The third kappa shape index (κ3) is 2.73. The number of anilines is 3. The molecule has 1 aliphatic heterocycles. The number of aromatic amines is 1. The molecule has 5 rings (SSSR count). The molecule has 142 valence electrons. The molecule has 0 atom stereocenters. The summed E-state index contributed by atoms with van der Waals surface area (Å²) in [6, 6.07) is 19.0. The summed E-state index contributed by atoms with van der Waals surface area (Å²) >= 11 is 0. The smallest absolute Gasteiger partial charge is 0.241 e. The summed E-state index contributed by atoms with van der Waals surface area (Å²) in [5, 5.41) is 15.8. The van der Waals surface area contributed by atoms with Gasteiger partial charge in [-0.3, -0.25) is 14.5 Å². The number of carbonyl (C=O) groups is 2. The number of hydrogen-bond acceptors (Lipinski definition) is 5. The predicted octanol–water partition coefficient (Wildman–Crippen LogP) is 3.05. The van der Waals surface area contributed by atoms with Crippen molar-refractivity contribution in [2.45, 2.75) is 6.42 Å². The Kier molecular flexibility index (Phi) is 3.83. The van der Waals surface area contributed by atoms with Gasteiger partial charge in [-0.15, -0.1) is 5.10 Å². The highest BCUT2D eigenvalue weighted by Gasteiger charge is 2.32. The Balaban J connectivity index is 1.75. The van der Waals surface area contributed by atoms with Crippen molar-refractivity contribution >= 4 is 39.6 Å². The highest BCUT2D eigenvalue weighted by molar-refractivity contribution is 6.21. The van der Waals surface area contributed by atoms with Gasteiger partial charge in [0.15, 0.2) is 5.82 Å². The van der Waals surface area contributed by atoms with E-state index in [0.29, 0.717) is 22.9 Å². The molecule has 2 heterocycles. The molecule has 1 aliphatic rings. The van der Waals surface area contributed by atoms with E-state index in [9.17, 15) is 9.59 Å². The predicted molar refractivity (Wildman–Crippen MR) is 109 cm³/mol. The molecule has 0 bridgehead atoms. The zero-order valence-electron chi connectivity index (χ0n) is 15.5. The molecule has 0 saturated heterocycles. The first-order chi connectivity index (χ1) is 14.1. The quantitative estimate of drug-likeness (QED) is 0.536. The fraction of sp³-hybridized carbons (Fsp3) is 0.0952. The van der Waals surface area contributed by atoms with E-state index in [0.717, 1.165) is 16.3 Å². The number of nitrogens with one attached hydrogen (secondary N) is 1. The number of hydrogen-bond donors (Lipinski definition) is 1. The van der Waals surface area contributed by atoms with Gasteiger partial charge in [-0.05, 0) is 34.0 Å². The average Bonchev–Trinajstić information content (AvgIpc) is 3.25. The van der Waals surface area contributed by atoms with Crippen molar-refractivity contribution in [1.29, 1.82) is 0 Å². The van der Waals surface area contributed by atoms with Gasteiger partial charge in [0.1, 0.15) is 6.42 Å². The summed E-state index contributed by atoms with van der Waals surface area (Å²) in [4.78, 5) is 29.0. The number of benzene rings is 3. The highest BCUT2D eigenvalue weighted by atomic mass is 16.2. The van der Waals surface area contributed by atoms with Gasteiger partial charge in [-0.25, -0.2) is 5.10 Å². The normalized spacial score (nSPS) is 14.2. The molecule has 0 radical (unpaired) electrons. The lowest BCUT2D eigenvalue weighted by molar-refractivity contribution is -0.125. The summed E-state index contributed by atoms with van der Waals surface area (Å²) in [6.45, 7) is 0. The second kappa shape index (κ2) is 6.52. The van der Waals surface area contributed by atoms with E-state index in [1.165, 1.54) is 0 Å². The van der Waals surface area contributed by atoms with Crippen LogP contribution in [0.15, 0.2) is 60.7 Å². The Labute approximate surface area is 165 Å². The maximum atomic E-state index is 13.1. The van der Waals surface area contributed by atoms with E-state index in [-0.39, 0.29) is 18.2 Å². The number of rotatable bonds is 2. The van der Waals surface area contributed by atoms with Crippen LogP contribution in [-0.4, -0.2) is 39.5 Å². The molecule has 8 heteroatoms. The molecule has 8 nitrogen and oxygen atoms in total. The van der Waals surface area contributed by atoms with Gasteiger partial charge in [0.05, 0.1) is 11.4 Å². The molecule has 0 spiro atoms. The molecule has 1 aromatic heterocycles. The van der Waals surface area contributed by atoms with Gasteiger partial charge < -0.3 is 4.90 Å². The summed E-state index contributed by atoms with van der Waals surface area (Å²) in [5.41, 5.74) is 2.76. The van der Waals surface area contributed by atoms with E-state index in [4.69, 9.17) is 0 Å². The van der Waals surface area contributed by atoms with Crippen molar-refractivity contribution in [1.82, 2.24) is 20.6 Å². The third-order valence-corrected chi connectivity index (χ3v) is 5.10. The molecule has 2 amide bonds. The van der Waals surface area contributed by atoms with Gasteiger partial charge in [0.2, 0.25) is 11.8 Å². The van der Waals surface area contributed by atoms with Gasteiger partial charge in [-0.2, -0.15) is 0 Å². The molecule has 3 aromatic carbocycles. The van der Waals surface area contributed by atoms with E-state index in [1.54, 1.807) is 16.8 Å². The van der Waals surface area contributed by atoms with Crippen LogP contribution in [-0.2, 0) is 9.59 Å². The van der Waals surface area contributed by atoms with Crippen LogP contribution >= 0.6 is 0 Å². The van der Waals surface area contributed by atoms with Crippen molar-refractivity contribution in [3.05, 3.63) is 60.7 Å². The lowest BCUT2D eigenvalue weighted by Gasteiger charge is -2.25. The number of carbonyl (C=O) groups excluding carboxylic acids is 2. The second-order valence-electron chi connectivity index (χ2n) is 6.81. The Morgan fingerprint density at radius 3 is 2.66 bits per heavy atom. The molecule has 0 saturated carbocycles. The number of fused-ring (bicyclic) bond motifs is 3. The molecule has 29 heavy (non-hydrogen) atoms. The molecule has 0 unspecified atom stereocenters. The van der Waals surface area contributed by atoms with Crippen molar-refractivity contribution < 1.29 is 9.59 Å². The number of H-pyrrole nitrogens is 1. The van der Waals surface area contributed by atoms with Crippen LogP contribution in [0.1, 0.15) is 6.42 Å². The molecule has 0 fully saturated rings. The van der Waals surface area contributed by atoms with Crippen LogP contribution in [0.2, 0.25) is 0 Å². The fourth-order valence-corrected chi connectivity index (χ4v) is 3.72. The zero-order valence-corrected chi connectivity index (χ0v) is 15.5. The average molecular weight is 384 g/mol. The van der Waals surface area contributed by atoms with Gasteiger partial charge in [0, 0.05) is 23.7 Å². The standard InChI is InChI=1S/C21H16N6O2/c1-26-18(28)12-19(29)27(15-7-4-6-14(11-15)21-22-24-25-23-21)17-10-9-13-5-2-3-8-16(13)20(17)26/h2-11H,12H2,1H3,(H,22,23,24,25). The largest absolute Gasteiger partial charge is 0.313 e. The monoisotopic (exact) mass is 384 g/mol. The summed E-state index contributed by atoms with van der Waals surface area (Å²) < 4.78 is 0. The van der Waals surface area contributed by atoms with Crippen molar-refractivity contribution in [3.8, 4) is 11.4 Å². The summed E-state index contributed by atoms with van der Waals surface area (Å²) in [6.07, 6.45) is -0.215. The zero-order chi connectivity index (χ0) is 20.0. The number of aromatic nitrogens is 4. The van der Waals surface area contributed by atoms with E-state index < -0.39 is 0 Å². The van der Waals surface area contributed by atoms with E-state index in [1.807, 2.05) is 60.7 Å². The van der Waals surface area contributed by atoms with Gasteiger partial charge in [-0.1, -0.05) is 42.5 Å². The van der Waals surface area contributed by atoms with Crippen molar-refractivity contribution in [2.75, 3.05) is 16.8 Å². The Morgan fingerprint density at radius 2 is 1.83 bits per heavy atom. The topological polar surface area (TPSA) is 95.1 Å². The third-order valence-electron chi connectivity index (χ3n) is 5.10. The number of nitrogens with zero attached hydrogens (tertiary/aromatic N) is 5. The lowest BCUT2D eigenvalue weighted by Crippen LogP contribution is -2.28. The molecule has 4 aromatic rings. The summed E-state index contributed by atoms with van der Waals surface area (Å²) in [5.74, 6) is -0.0320. The Hall–Kier alpha value is -4.07. The molecule has 0 aliphatic carbocycles. The van der Waals surface area contributed by atoms with E-state index >= 15 is 0 Å². The minimum Gasteiger partial charge on any atom is -0.313 e. The minimum absolute atomic E-state index is 0.215. The van der Waals surface area contributed by atoms with Crippen LogP contribution in [0.5, 0.6) is 0 Å². The van der Waals surface area contributed by atoms with Gasteiger partial charge >= 0.3 is 0 Å². The Bertz CT molecular complexity index is 1250. The van der Waals surface area contributed by atoms with Crippen LogP contribution < -0.4 is 9.80 Å². The van der Waals surface area contributed by atoms with Crippen molar-refractivity contribution in [2.24, 2.45) is 0 Å². The Morgan fingerprint density at radius 1 is 0.966 bits per heavy atom. The van der Waals surface area contributed by atoms with Crippen molar-refractivity contribution in [3.63, 3.8) is 0 Å². The first-order valence-electron chi connectivity index (χ1n) is 9.09. The first-order valence-corrected chi connectivity index (χ1v) is 9.09. The number of amides is 2. The fourth-order valence-electron chi connectivity index (χ4n) is 3.72. The highest BCUT2D eigenvalue weighted by Crippen LogP contribution is 2.42. The molecular formula is C21H16N6O2. The first kappa shape index (κ1) is 17.1. The van der Waals surface area contributed by atoms with Crippen LogP contribution in [0, 0.1) is 0 Å². The van der Waals surface area contributed by atoms with E-state index in [2.05, 4.69) is 20.6 Å². The van der Waals surface area contributed by atoms with Gasteiger partial charge in [0.25, 0.3) is 0 Å². The maximum Gasteiger partial charge on any atom is 0.241 e. The molecular weight excluding hydrogens is 368 g/mol. The SMILES string of the molecule is CN1C(=O)CC(=O)N(c2cccc(-c3nnn[nH]3)c2)c2ccc3ccccc3c21. The summed E-state index contributed by atoms with van der Waals surface area (Å²) in [7, 11) is 1.71. The van der Waals surface area contributed by atoms with Crippen LogP contribution in [0.4, 0.5) is 17.1 Å². The minimum atomic E-state index is -0.288.